The second-order valence-electron chi connectivity index (χ2n) is 2.90. The molecule has 0 fully saturated rings. The van der Waals surface area contributed by atoms with E-state index in [1.807, 2.05) is 18.2 Å². The summed E-state index contributed by atoms with van der Waals surface area (Å²) in [6.07, 6.45) is 1.76. The molecule has 2 heteroatoms. The van der Waals surface area contributed by atoms with Crippen LogP contribution in [0.15, 0.2) is 35.8 Å². The number of aryl methyl sites for hydroxylation is 1. The van der Waals surface area contributed by atoms with E-state index in [9.17, 15) is 0 Å². The van der Waals surface area contributed by atoms with Crippen LogP contribution in [-0.4, -0.2) is 4.98 Å². The van der Waals surface area contributed by atoms with E-state index in [0.29, 0.717) is 0 Å². The molecule has 1 nitrogen and oxygen atoms in total. The molecule has 0 amide bonds. The number of rotatable bonds is 0. The maximum absolute atomic E-state index is 4.14. The lowest BCUT2D eigenvalue weighted by Crippen LogP contribution is -1.78. The Bertz CT molecular complexity index is 474. The highest BCUT2D eigenvalue weighted by molar-refractivity contribution is 7.10. The molecule has 0 saturated heterocycles. The van der Waals surface area contributed by atoms with Gasteiger partial charge in [0.25, 0.3) is 0 Å². The highest BCUT2D eigenvalue weighted by Crippen LogP contribution is 2.13. The fourth-order valence-corrected chi connectivity index (χ4v) is 1.83. The summed E-state index contributed by atoms with van der Waals surface area (Å²) in [5, 5.41) is 2.05. The lowest BCUT2D eigenvalue weighted by atomic mass is 10.3. The van der Waals surface area contributed by atoms with Crippen molar-refractivity contribution in [2.24, 2.45) is 0 Å². The van der Waals surface area contributed by atoms with Crippen molar-refractivity contribution in [2.45, 2.75) is 6.92 Å². The van der Waals surface area contributed by atoms with Gasteiger partial charge < -0.3 is 0 Å². The van der Waals surface area contributed by atoms with E-state index in [1.54, 1.807) is 17.5 Å². The van der Waals surface area contributed by atoms with Crippen LogP contribution in [0.5, 0.6) is 0 Å². The lowest BCUT2D eigenvalue weighted by Gasteiger charge is -1.86. The van der Waals surface area contributed by atoms with Crippen molar-refractivity contribution in [3.8, 4) is 11.8 Å². The molecule has 2 aromatic rings. The van der Waals surface area contributed by atoms with Crippen LogP contribution in [0.2, 0.25) is 0 Å². The van der Waals surface area contributed by atoms with E-state index in [0.717, 1.165) is 10.6 Å². The lowest BCUT2D eigenvalue weighted by molar-refractivity contribution is 1.29. The van der Waals surface area contributed by atoms with Crippen molar-refractivity contribution < 1.29 is 0 Å². The van der Waals surface area contributed by atoms with Gasteiger partial charge in [-0.2, -0.15) is 0 Å². The third-order valence-electron chi connectivity index (χ3n) is 1.83. The van der Waals surface area contributed by atoms with Crippen LogP contribution in [0.3, 0.4) is 0 Å². The predicted molar refractivity (Wildman–Crippen MR) is 59.3 cm³/mol. The number of aromatic nitrogens is 1. The summed E-state index contributed by atoms with van der Waals surface area (Å²) in [6, 6.07) is 7.82. The third-order valence-corrected chi connectivity index (χ3v) is 2.76. The minimum Gasteiger partial charge on any atom is -0.248 e. The van der Waals surface area contributed by atoms with Gasteiger partial charge in [0, 0.05) is 6.20 Å². The topological polar surface area (TPSA) is 12.9 Å². The van der Waals surface area contributed by atoms with Crippen LogP contribution in [-0.2, 0) is 0 Å². The first kappa shape index (κ1) is 8.98. The first-order valence-electron chi connectivity index (χ1n) is 4.33. The zero-order valence-electron chi connectivity index (χ0n) is 7.82. The Labute approximate surface area is 87.4 Å². The molecule has 0 bridgehead atoms. The zero-order chi connectivity index (χ0) is 9.80. The van der Waals surface area contributed by atoms with E-state index in [2.05, 4.69) is 35.2 Å². The Morgan fingerprint density at radius 2 is 2.14 bits per heavy atom. The predicted octanol–water partition coefficient (Wildman–Crippen LogP) is 2.85. The van der Waals surface area contributed by atoms with E-state index < -0.39 is 0 Å². The third kappa shape index (κ3) is 2.01. The first-order chi connectivity index (χ1) is 6.86. The van der Waals surface area contributed by atoms with Crippen molar-refractivity contribution in [3.05, 3.63) is 52.0 Å². The van der Waals surface area contributed by atoms with Gasteiger partial charge in [-0.05, 0) is 47.9 Å². The van der Waals surface area contributed by atoms with Crippen LogP contribution in [0.1, 0.15) is 16.1 Å². The fourth-order valence-electron chi connectivity index (χ4n) is 1.06. The van der Waals surface area contributed by atoms with Gasteiger partial charge in [-0.3, -0.25) is 0 Å². The van der Waals surface area contributed by atoms with Gasteiger partial charge in [-0.15, -0.1) is 11.3 Å². The van der Waals surface area contributed by atoms with E-state index >= 15 is 0 Å². The quantitative estimate of drug-likeness (QED) is 0.594. The Kier molecular flexibility index (Phi) is 2.62. The molecule has 0 aliphatic heterocycles. The van der Waals surface area contributed by atoms with Crippen LogP contribution in [0.25, 0.3) is 0 Å². The molecule has 2 rings (SSSR count). The summed E-state index contributed by atoms with van der Waals surface area (Å²) in [5.41, 5.74) is 2.05. The summed E-state index contributed by atoms with van der Waals surface area (Å²) in [6.45, 7) is 2.07. The van der Waals surface area contributed by atoms with E-state index in [1.165, 1.54) is 5.56 Å². The van der Waals surface area contributed by atoms with Crippen LogP contribution < -0.4 is 0 Å². The van der Waals surface area contributed by atoms with E-state index in [4.69, 9.17) is 0 Å². The van der Waals surface area contributed by atoms with Crippen LogP contribution in [0, 0.1) is 18.8 Å². The Morgan fingerprint density at radius 1 is 1.21 bits per heavy atom. The Morgan fingerprint density at radius 3 is 2.79 bits per heavy atom. The fraction of sp³-hybridized carbons (Fsp3) is 0.0833. The number of nitrogens with zero attached hydrogens (tertiary/aromatic N) is 1. The summed E-state index contributed by atoms with van der Waals surface area (Å²) in [4.78, 5) is 5.26. The Balaban J connectivity index is 2.28. The molecular weight excluding hydrogens is 190 g/mol. The largest absolute Gasteiger partial charge is 0.248 e. The van der Waals surface area contributed by atoms with Crippen molar-refractivity contribution in [1.82, 2.24) is 4.98 Å². The van der Waals surface area contributed by atoms with Gasteiger partial charge in [0.2, 0.25) is 0 Å². The molecule has 0 aliphatic rings. The monoisotopic (exact) mass is 199 g/mol. The summed E-state index contributed by atoms with van der Waals surface area (Å²) < 4.78 is 0. The highest BCUT2D eigenvalue weighted by Gasteiger charge is 1.93. The van der Waals surface area contributed by atoms with Gasteiger partial charge in [-0.25, -0.2) is 4.98 Å². The van der Waals surface area contributed by atoms with Crippen molar-refractivity contribution in [2.75, 3.05) is 0 Å². The average molecular weight is 199 g/mol. The molecule has 0 aliphatic carbocycles. The van der Waals surface area contributed by atoms with Gasteiger partial charge in [0.15, 0.2) is 0 Å². The van der Waals surface area contributed by atoms with Gasteiger partial charge in [0.05, 0.1) is 4.88 Å². The molecule has 0 saturated carbocycles. The molecule has 2 heterocycles. The number of thiophene rings is 1. The van der Waals surface area contributed by atoms with Gasteiger partial charge >= 0.3 is 0 Å². The number of hydrogen-bond donors (Lipinski definition) is 0. The molecule has 0 N–H and O–H groups in total. The minimum atomic E-state index is 0.820. The molecule has 0 aromatic carbocycles. The SMILES string of the molecule is Cc1ccsc1C#Cc1ccccn1. The van der Waals surface area contributed by atoms with Crippen molar-refractivity contribution in [3.63, 3.8) is 0 Å². The maximum atomic E-state index is 4.14. The molecule has 14 heavy (non-hydrogen) atoms. The molecular formula is C12H9NS. The smallest absolute Gasteiger partial charge is 0.113 e. The van der Waals surface area contributed by atoms with Gasteiger partial charge in [0.1, 0.15) is 5.69 Å². The standard InChI is InChI=1S/C12H9NS/c1-10-7-9-14-12(10)6-5-11-4-2-3-8-13-11/h2-4,7-9H,1H3. The zero-order valence-corrected chi connectivity index (χ0v) is 8.64. The number of hydrogen-bond acceptors (Lipinski definition) is 2. The summed E-state index contributed by atoms with van der Waals surface area (Å²) in [7, 11) is 0. The first-order valence-corrected chi connectivity index (χ1v) is 5.21. The van der Waals surface area contributed by atoms with Crippen LogP contribution in [0.4, 0.5) is 0 Å². The maximum Gasteiger partial charge on any atom is 0.113 e. The second kappa shape index (κ2) is 4.08. The summed E-state index contributed by atoms with van der Waals surface area (Å²) >= 11 is 1.67. The number of pyridine rings is 1. The molecule has 0 unspecified atom stereocenters. The molecule has 0 atom stereocenters. The van der Waals surface area contributed by atoms with Crippen molar-refractivity contribution in [1.29, 1.82) is 0 Å². The van der Waals surface area contributed by atoms with Gasteiger partial charge in [-0.1, -0.05) is 6.07 Å². The molecule has 0 radical (unpaired) electrons. The van der Waals surface area contributed by atoms with E-state index in [-0.39, 0.29) is 0 Å². The average Bonchev–Trinajstić information content (AvgIpc) is 2.63. The molecule has 0 spiro atoms. The summed E-state index contributed by atoms with van der Waals surface area (Å²) in [5.74, 6) is 6.15. The second-order valence-corrected chi connectivity index (χ2v) is 3.81. The minimum absolute atomic E-state index is 0.820. The molecule has 68 valence electrons. The highest BCUT2D eigenvalue weighted by atomic mass is 32.1. The normalized spacial score (nSPS) is 9.21. The van der Waals surface area contributed by atoms with Crippen LogP contribution >= 0.6 is 11.3 Å². The van der Waals surface area contributed by atoms with Crippen molar-refractivity contribution >= 4 is 11.3 Å². The molecule has 2 aromatic heterocycles. The Hall–Kier alpha value is -1.59.